The topological polar surface area (TPSA) is 40.2 Å². The number of epoxide rings is 1. The zero-order chi connectivity index (χ0) is 12.6. The number of hydrogen-bond acceptors (Lipinski definition) is 4. The minimum Gasteiger partial charge on any atom is -0.398 e. The van der Waals surface area contributed by atoms with Crippen LogP contribution in [0.3, 0.4) is 0 Å². The summed E-state index contributed by atoms with van der Waals surface area (Å²) in [5, 5.41) is 0. The Bertz CT molecular complexity index is 193. The standard InChI is InChI=1S/C12H26O4Si/c1-4-8-17(13-2,14-3)9-6-5-7-15-10-12-11-16-12/h12H,4-11H2,1-3H3. The van der Waals surface area contributed by atoms with E-state index < -0.39 is 8.56 Å². The van der Waals surface area contributed by atoms with E-state index in [0.29, 0.717) is 6.10 Å². The third-order valence-corrected chi connectivity index (χ3v) is 7.04. The second-order valence-corrected chi connectivity index (χ2v) is 8.19. The molecule has 1 aliphatic heterocycles. The van der Waals surface area contributed by atoms with E-state index in [4.69, 9.17) is 18.3 Å². The van der Waals surface area contributed by atoms with Crippen molar-refractivity contribution in [3.8, 4) is 0 Å². The first-order valence-electron chi connectivity index (χ1n) is 6.56. The molecule has 1 saturated heterocycles. The number of ether oxygens (including phenoxy) is 2. The number of hydrogen-bond donors (Lipinski definition) is 0. The van der Waals surface area contributed by atoms with Gasteiger partial charge in [0.1, 0.15) is 6.10 Å². The Morgan fingerprint density at radius 1 is 1.18 bits per heavy atom. The van der Waals surface area contributed by atoms with Gasteiger partial charge in [0.15, 0.2) is 0 Å². The highest BCUT2D eigenvalue weighted by Crippen LogP contribution is 2.22. The molecular formula is C12H26O4Si. The van der Waals surface area contributed by atoms with E-state index in [9.17, 15) is 0 Å². The molecule has 0 bridgehead atoms. The lowest BCUT2D eigenvalue weighted by atomic mass is 10.3. The summed E-state index contributed by atoms with van der Waals surface area (Å²) in [6, 6.07) is 2.15. The van der Waals surface area contributed by atoms with Gasteiger partial charge in [-0.2, -0.15) is 0 Å². The molecule has 0 radical (unpaired) electrons. The Morgan fingerprint density at radius 3 is 2.41 bits per heavy atom. The molecule has 1 heterocycles. The average molecular weight is 262 g/mol. The lowest BCUT2D eigenvalue weighted by Crippen LogP contribution is -2.39. The Kier molecular flexibility index (Phi) is 7.30. The SMILES string of the molecule is CCC[Si](CCCCOCC1CO1)(OC)OC. The van der Waals surface area contributed by atoms with E-state index in [1.54, 1.807) is 14.2 Å². The summed E-state index contributed by atoms with van der Waals surface area (Å²) >= 11 is 0. The third kappa shape index (κ3) is 5.97. The molecule has 1 fully saturated rings. The second-order valence-electron chi connectivity index (χ2n) is 4.56. The molecule has 5 heteroatoms. The fraction of sp³-hybridized carbons (Fsp3) is 1.00. The monoisotopic (exact) mass is 262 g/mol. The van der Waals surface area contributed by atoms with Crippen molar-refractivity contribution < 1.29 is 18.3 Å². The Balaban J connectivity index is 2.04. The van der Waals surface area contributed by atoms with Gasteiger partial charge in [0.25, 0.3) is 0 Å². The maximum atomic E-state index is 5.64. The van der Waals surface area contributed by atoms with E-state index in [2.05, 4.69) is 6.92 Å². The van der Waals surface area contributed by atoms with Crippen molar-refractivity contribution in [3.63, 3.8) is 0 Å². The Morgan fingerprint density at radius 2 is 1.88 bits per heavy atom. The predicted octanol–water partition coefficient (Wildman–Crippen LogP) is 2.33. The normalized spacial score (nSPS) is 19.6. The molecule has 102 valence electrons. The van der Waals surface area contributed by atoms with Gasteiger partial charge in [0, 0.05) is 20.8 Å². The first kappa shape index (κ1) is 15.1. The largest absolute Gasteiger partial charge is 0.398 e. The maximum Gasteiger partial charge on any atom is 0.337 e. The molecule has 0 aliphatic carbocycles. The van der Waals surface area contributed by atoms with Crippen LogP contribution < -0.4 is 0 Å². The van der Waals surface area contributed by atoms with Crippen LogP contribution in [0.4, 0.5) is 0 Å². The summed E-state index contributed by atoms with van der Waals surface area (Å²) in [7, 11) is 1.67. The molecule has 4 nitrogen and oxygen atoms in total. The zero-order valence-corrected chi connectivity index (χ0v) is 12.4. The van der Waals surface area contributed by atoms with E-state index >= 15 is 0 Å². The Hall–Kier alpha value is 0.0569. The highest BCUT2D eigenvalue weighted by molar-refractivity contribution is 6.67. The van der Waals surface area contributed by atoms with Crippen molar-refractivity contribution in [1.82, 2.24) is 0 Å². The van der Waals surface area contributed by atoms with Crippen LogP contribution in [0.2, 0.25) is 12.1 Å². The first-order chi connectivity index (χ1) is 8.26. The summed E-state index contributed by atoms with van der Waals surface area (Å²) < 4.78 is 21.9. The number of rotatable bonds is 11. The van der Waals surface area contributed by atoms with Gasteiger partial charge in [-0.05, 0) is 24.9 Å². The van der Waals surface area contributed by atoms with Crippen LogP contribution in [0.1, 0.15) is 26.2 Å². The van der Waals surface area contributed by atoms with Crippen molar-refractivity contribution in [2.75, 3.05) is 34.0 Å². The molecule has 1 rings (SSSR count). The summed E-state index contributed by atoms with van der Waals surface area (Å²) in [4.78, 5) is 0. The summed E-state index contributed by atoms with van der Waals surface area (Å²) in [5.74, 6) is 0. The van der Waals surface area contributed by atoms with Gasteiger partial charge in [-0.1, -0.05) is 13.3 Å². The van der Waals surface area contributed by atoms with Gasteiger partial charge < -0.3 is 18.3 Å². The van der Waals surface area contributed by atoms with Crippen LogP contribution >= 0.6 is 0 Å². The molecule has 0 aromatic rings. The average Bonchev–Trinajstić information content (AvgIpc) is 3.16. The Labute approximate surface area is 106 Å². The van der Waals surface area contributed by atoms with Crippen LogP contribution in [0.5, 0.6) is 0 Å². The van der Waals surface area contributed by atoms with Crippen LogP contribution in [0.15, 0.2) is 0 Å². The van der Waals surface area contributed by atoms with Crippen molar-refractivity contribution in [1.29, 1.82) is 0 Å². The minimum absolute atomic E-state index is 0.376. The second kappa shape index (κ2) is 8.21. The van der Waals surface area contributed by atoms with E-state index in [0.717, 1.165) is 51.2 Å². The smallest absolute Gasteiger partial charge is 0.337 e. The molecule has 1 unspecified atom stereocenters. The molecular weight excluding hydrogens is 236 g/mol. The molecule has 0 saturated carbocycles. The van der Waals surface area contributed by atoms with Crippen LogP contribution in [-0.2, 0) is 18.3 Å². The van der Waals surface area contributed by atoms with Gasteiger partial charge in [-0.3, -0.25) is 0 Å². The quantitative estimate of drug-likeness (QED) is 0.325. The molecule has 0 amide bonds. The van der Waals surface area contributed by atoms with Gasteiger partial charge >= 0.3 is 8.56 Å². The lowest BCUT2D eigenvalue weighted by molar-refractivity contribution is 0.113. The highest BCUT2D eigenvalue weighted by atomic mass is 28.4. The molecule has 0 aromatic heterocycles. The maximum absolute atomic E-state index is 5.64. The van der Waals surface area contributed by atoms with Gasteiger partial charge in [0.05, 0.1) is 13.2 Å². The minimum atomic E-state index is -1.89. The van der Waals surface area contributed by atoms with Gasteiger partial charge in [-0.25, -0.2) is 0 Å². The molecule has 0 N–H and O–H groups in total. The number of unbranched alkanes of at least 4 members (excludes halogenated alkanes) is 1. The molecule has 0 spiro atoms. The third-order valence-electron chi connectivity index (χ3n) is 3.18. The van der Waals surface area contributed by atoms with Crippen molar-refractivity contribution in [2.24, 2.45) is 0 Å². The predicted molar refractivity (Wildman–Crippen MR) is 69.5 cm³/mol. The molecule has 1 atom stereocenters. The zero-order valence-electron chi connectivity index (χ0n) is 11.4. The van der Waals surface area contributed by atoms with Gasteiger partial charge in [-0.15, -0.1) is 0 Å². The molecule has 0 aromatic carbocycles. The molecule has 1 aliphatic rings. The van der Waals surface area contributed by atoms with E-state index in [1.807, 2.05) is 0 Å². The summed E-state index contributed by atoms with van der Waals surface area (Å²) in [6.07, 6.45) is 3.71. The van der Waals surface area contributed by atoms with Crippen molar-refractivity contribution >= 4 is 8.56 Å². The van der Waals surface area contributed by atoms with Crippen LogP contribution in [-0.4, -0.2) is 48.7 Å². The lowest BCUT2D eigenvalue weighted by Gasteiger charge is -2.26. The fourth-order valence-corrected chi connectivity index (χ4v) is 4.76. The van der Waals surface area contributed by atoms with Crippen molar-refractivity contribution in [3.05, 3.63) is 0 Å². The molecule has 17 heavy (non-hydrogen) atoms. The summed E-state index contributed by atoms with van der Waals surface area (Å²) in [6.45, 7) is 4.63. The van der Waals surface area contributed by atoms with Crippen LogP contribution in [0.25, 0.3) is 0 Å². The van der Waals surface area contributed by atoms with Crippen molar-refractivity contribution in [2.45, 2.75) is 44.4 Å². The van der Waals surface area contributed by atoms with E-state index in [-0.39, 0.29) is 0 Å². The van der Waals surface area contributed by atoms with Gasteiger partial charge in [0.2, 0.25) is 0 Å². The van der Waals surface area contributed by atoms with E-state index in [1.165, 1.54) is 0 Å². The first-order valence-corrected chi connectivity index (χ1v) is 8.79. The fourth-order valence-electron chi connectivity index (χ4n) is 1.97. The van der Waals surface area contributed by atoms with Crippen LogP contribution in [0, 0.1) is 0 Å². The summed E-state index contributed by atoms with van der Waals surface area (Å²) in [5.41, 5.74) is 0. The highest BCUT2D eigenvalue weighted by Gasteiger charge is 2.33.